The van der Waals surface area contributed by atoms with Crippen LogP contribution in [0.5, 0.6) is 0 Å². The highest BCUT2D eigenvalue weighted by atomic mass is 16.5. The molecular weight excluding hydrogens is 240 g/mol. The van der Waals surface area contributed by atoms with Crippen LogP contribution in [0, 0.1) is 11.3 Å². The van der Waals surface area contributed by atoms with Crippen LogP contribution in [0.25, 0.3) is 0 Å². The highest BCUT2D eigenvalue weighted by Crippen LogP contribution is 2.38. The van der Waals surface area contributed by atoms with Gasteiger partial charge in [-0.3, -0.25) is 4.79 Å². The molecule has 2 fully saturated rings. The van der Waals surface area contributed by atoms with E-state index in [0.29, 0.717) is 11.7 Å². The molecule has 0 saturated carbocycles. The third-order valence-corrected chi connectivity index (χ3v) is 4.62. The summed E-state index contributed by atoms with van der Waals surface area (Å²) in [6.07, 6.45) is 6.03. The standard InChI is InChI=1S/C16H28O3/c1-15(2,3)14(17)5-4-13-6-9-19-16(12-13)7-10-18-11-8-16/h13H,4-12H2,1-3H3. The lowest BCUT2D eigenvalue weighted by atomic mass is 9.77. The zero-order chi connectivity index (χ0) is 13.9. The number of hydrogen-bond acceptors (Lipinski definition) is 3. The van der Waals surface area contributed by atoms with Gasteiger partial charge in [-0.2, -0.15) is 0 Å². The minimum atomic E-state index is -0.193. The monoisotopic (exact) mass is 268 g/mol. The molecule has 3 heteroatoms. The van der Waals surface area contributed by atoms with E-state index in [-0.39, 0.29) is 11.0 Å². The van der Waals surface area contributed by atoms with Crippen molar-refractivity contribution >= 4 is 5.78 Å². The zero-order valence-electron chi connectivity index (χ0n) is 12.7. The summed E-state index contributed by atoms with van der Waals surface area (Å²) in [7, 11) is 0. The van der Waals surface area contributed by atoms with Gasteiger partial charge in [-0.15, -0.1) is 0 Å². The predicted molar refractivity (Wildman–Crippen MR) is 75.2 cm³/mol. The first-order valence-electron chi connectivity index (χ1n) is 7.66. The van der Waals surface area contributed by atoms with E-state index in [1.807, 2.05) is 20.8 Å². The molecule has 0 N–H and O–H groups in total. The van der Waals surface area contributed by atoms with Crippen LogP contribution in [0.4, 0.5) is 0 Å². The molecule has 1 atom stereocenters. The molecule has 1 unspecified atom stereocenters. The fourth-order valence-corrected chi connectivity index (χ4v) is 3.18. The van der Waals surface area contributed by atoms with Crippen molar-refractivity contribution in [3.05, 3.63) is 0 Å². The number of ether oxygens (including phenoxy) is 2. The first-order chi connectivity index (χ1) is 8.91. The summed E-state index contributed by atoms with van der Waals surface area (Å²) in [5.41, 5.74) is -0.131. The van der Waals surface area contributed by atoms with Gasteiger partial charge in [-0.1, -0.05) is 20.8 Å². The van der Waals surface area contributed by atoms with Crippen LogP contribution in [0.15, 0.2) is 0 Å². The molecule has 2 rings (SSSR count). The van der Waals surface area contributed by atoms with Gasteiger partial charge in [0.25, 0.3) is 0 Å². The molecule has 1 spiro atoms. The molecule has 2 aliphatic rings. The van der Waals surface area contributed by atoms with Crippen molar-refractivity contribution in [2.24, 2.45) is 11.3 Å². The molecular formula is C16H28O3. The summed E-state index contributed by atoms with van der Waals surface area (Å²) in [5, 5.41) is 0. The predicted octanol–water partition coefficient (Wildman–Crippen LogP) is 3.36. The fourth-order valence-electron chi connectivity index (χ4n) is 3.18. The molecule has 2 aliphatic heterocycles. The largest absolute Gasteiger partial charge is 0.381 e. The van der Waals surface area contributed by atoms with Crippen LogP contribution < -0.4 is 0 Å². The van der Waals surface area contributed by atoms with E-state index >= 15 is 0 Å². The summed E-state index contributed by atoms with van der Waals surface area (Å²) in [4.78, 5) is 12.0. The quantitative estimate of drug-likeness (QED) is 0.787. The molecule has 2 heterocycles. The summed E-state index contributed by atoms with van der Waals surface area (Å²) in [5.74, 6) is 1.04. The van der Waals surface area contributed by atoms with E-state index in [9.17, 15) is 4.79 Å². The molecule has 0 aromatic carbocycles. The van der Waals surface area contributed by atoms with E-state index < -0.39 is 0 Å². The Morgan fingerprint density at radius 2 is 1.89 bits per heavy atom. The van der Waals surface area contributed by atoms with Crippen molar-refractivity contribution in [2.45, 2.75) is 64.9 Å². The van der Waals surface area contributed by atoms with Gasteiger partial charge in [0.05, 0.1) is 5.60 Å². The molecule has 0 aromatic heterocycles. The number of carbonyl (C=O) groups is 1. The van der Waals surface area contributed by atoms with Gasteiger partial charge in [-0.05, 0) is 38.0 Å². The van der Waals surface area contributed by atoms with Crippen molar-refractivity contribution in [3.63, 3.8) is 0 Å². The fraction of sp³-hybridized carbons (Fsp3) is 0.938. The molecule has 2 saturated heterocycles. The second-order valence-corrected chi connectivity index (χ2v) is 7.21. The van der Waals surface area contributed by atoms with Gasteiger partial charge in [0, 0.05) is 31.7 Å². The number of rotatable bonds is 3. The normalized spacial score (nSPS) is 27.4. The van der Waals surface area contributed by atoms with Crippen molar-refractivity contribution in [2.75, 3.05) is 19.8 Å². The smallest absolute Gasteiger partial charge is 0.138 e. The zero-order valence-corrected chi connectivity index (χ0v) is 12.7. The van der Waals surface area contributed by atoms with Gasteiger partial charge in [-0.25, -0.2) is 0 Å². The lowest BCUT2D eigenvalue weighted by Gasteiger charge is -2.43. The molecule has 110 valence electrons. The molecule has 0 aliphatic carbocycles. The first-order valence-corrected chi connectivity index (χ1v) is 7.66. The van der Waals surface area contributed by atoms with E-state index in [4.69, 9.17) is 9.47 Å². The van der Waals surface area contributed by atoms with Crippen LogP contribution in [-0.4, -0.2) is 31.2 Å². The van der Waals surface area contributed by atoms with Gasteiger partial charge in [0.15, 0.2) is 0 Å². The maximum atomic E-state index is 12.0. The van der Waals surface area contributed by atoms with Crippen LogP contribution in [-0.2, 0) is 14.3 Å². The SMILES string of the molecule is CC(C)(C)C(=O)CCC1CCOC2(CCOCC2)C1. The Bertz CT molecular complexity index is 305. The molecule has 3 nitrogen and oxygen atoms in total. The van der Waals surface area contributed by atoms with Crippen LogP contribution in [0.3, 0.4) is 0 Å². The molecule has 19 heavy (non-hydrogen) atoms. The lowest BCUT2D eigenvalue weighted by Crippen LogP contribution is -2.44. The van der Waals surface area contributed by atoms with E-state index in [0.717, 1.165) is 58.3 Å². The topological polar surface area (TPSA) is 35.5 Å². The van der Waals surface area contributed by atoms with Gasteiger partial charge in [0.1, 0.15) is 5.78 Å². The Labute approximate surface area is 117 Å². The second kappa shape index (κ2) is 5.92. The first kappa shape index (κ1) is 15.0. The van der Waals surface area contributed by atoms with Crippen molar-refractivity contribution in [1.82, 2.24) is 0 Å². The van der Waals surface area contributed by atoms with Gasteiger partial charge in [0.2, 0.25) is 0 Å². The van der Waals surface area contributed by atoms with Crippen molar-refractivity contribution in [1.29, 1.82) is 0 Å². The van der Waals surface area contributed by atoms with Crippen LogP contribution in [0.1, 0.15) is 59.3 Å². The highest BCUT2D eigenvalue weighted by Gasteiger charge is 2.39. The third kappa shape index (κ3) is 4.03. The number of hydrogen-bond donors (Lipinski definition) is 0. The molecule has 0 aromatic rings. The average molecular weight is 268 g/mol. The Hall–Kier alpha value is -0.410. The molecule has 0 amide bonds. The average Bonchev–Trinajstić information content (AvgIpc) is 2.36. The maximum absolute atomic E-state index is 12.0. The van der Waals surface area contributed by atoms with E-state index in [1.54, 1.807) is 0 Å². The Morgan fingerprint density at radius 3 is 2.53 bits per heavy atom. The Kier molecular flexibility index (Phi) is 4.67. The number of carbonyl (C=O) groups excluding carboxylic acids is 1. The summed E-state index contributed by atoms with van der Waals surface area (Å²) >= 11 is 0. The second-order valence-electron chi connectivity index (χ2n) is 7.21. The molecule has 0 radical (unpaired) electrons. The van der Waals surface area contributed by atoms with Crippen LogP contribution in [0.2, 0.25) is 0 Å². The lowest BCUT2D eigenvalue weighted by molar-refractivity contribution is -0.148. The Balaban J connectivity index is 1.83. The van der Waals surface area contributed by atoms with Crippen molar-refractivity contribution < 1.29 is 14.3 Å². The van der Waals surface area contributed by atoms with Crippen LogP contribution >= 0.6 is 0 Å². The summed E-state index contributed by atoms with van der Waals surface area (Å²) in [6.45, 7) is 8.55. The highest BCUT2D eigenvalue weighted by molar-refractivity contribution is 5.83. The summed E-state index contributed by atoms with van der Waals surface area (Å²) < 4.78 is 11.5. The minimum absolute atomic E-state index is 0.0615. The maximum Gasteiger partial charge on any atom is 0.138 e. The summed E-state index contributed by atoms with van der Waals surface area (Å²) in [6, 6.07) is 0. The Morgan fingerprint density at radius 1 is 1.21 bits per heavy atom. The number of Topliss-reactive ketones (excluding diaryl/α,β-unsaturated/α-hetero) is 1. The minimum Gasteiger partial charge on any atom is -0.381 e. The molecule has 0 bridgehead atoms. The third-order valence-electron chi connectivity index (χ3n) is 4.62. The van der Waals surface area contributed by atoms with Gasteiger partial charge < -0.3 is 9.47 Å². The van der Waals surface area contributed by atoms with E-state index in [1.165, 1.54) is 0 Å². The van der Waals surface area contributed by atoms with Gasteiger partial charge >= 0.3 is 0 Å². The van der Waals surface area contributed by atoms with Crippen molar-refractivity contribution in [3.8, 4) is 0 Å². The van der Waals surface area contributed by atoms with E-state index in [2.05, 4.69) is 0 Å². The number of ketones is 1.